The number of hydrogen-bond acceptors (Lipinski definition) is 1. The molecule has 2 nitrogen and oxygen atoms in total. The highest BCUT2D eigenvalue weighted by molar-refractivity contribution is 5.80. The second-order valence-corrected chi connectivity index (χ2v) is 3.03. The van der Waals surface area contributed by atoms with Crippen LogP contribution in [0.1, 0.15) is 20.3 Å². The molecule has 0 aromatic heterocycles. The van der Waals surface area contributed by atoms with Crippen molar-refractivity contribution in [2.75, 3.05) is 0 Å². The van der Waals surface area contributed by atoms with Crippen molar-refractivity contribution < 1.29 is 9.90 Å². The first-order valence-corrected chi connectivity index (χ1v) is 3.65. The highest BCUT2D eigenvalue weighted by atomic mass is 16.4. The summed E-state index contributed by atoms with van der Waals surface area (Å²) in [5.74, 6) is -0.776. The molecule has 0 bridgehead atoms. The van der Waals surface area contributed by atoms with E-state index in [9.17, 15) is 4.79 Å². The van der Waals surface area contributed by atoms with Gasteiger partial charge in [0.15, 0.2) is 0 Å². The van der Waals surface area contributed by atoms with Crippen LogP contribution in [0.2, 0.25) is 0 Å². The molecule has 0 aromatic carbocycles. The molecule has 0 spiro atoms. The first-order valence-electron chi connectivity index (χ1n) is 3.65. The van der Waals surface area contributed by atoms with Crippen LogP contribution in [0.15, 0.2) is 23.8 Å². The van der Waals surface area contributed by atoms with Crippen molar-refractivity contribution in [2.45, 2.75) is 20.3 Å². The molecule has 0 aliphatic heterocycles. The van der Waals surface area contributed by atoms with Crippen LogP contribution in [0, 0.1) is 5.41 Å². The Balaban J connectivity index is 3.00. The van der Waals surface area contributed by atoms with Gasteiger partial charge in [0.2, 0.25) is 0 Å². The summed E-state index contributed by atoms with van der Waals surface area (Å²) < 4.78 is 0. The average Bonchev–Trinajstić information content (AvgIpc) is 1.95. The molecule has 1 atom stereocenters. The maximum Gasteiger partial charge on any atom is 0.317 e. The number of carboxylic acids is 1. The van der Waals surface area contributed by atoms with Gasteiger partial charge in [0.25, 0.3) is 0 Å². The summed E-state index contributed by atoms with van der Waals surface area (Å²) in [6, 6.07) is 0. The van der Waals surface area contributed by atoms with E-state index in [-0.39, 0.29) is 0 Å². The highest BCUT2D eigenvalue weighted by Gasteiger charge is 2.32. The zero-order chi connectivity index (χ0) is 8.48. The lowest BCUT2D eigenvalue weighted by atomic mass is 9.79. The van der Waals surface area contributed by atoms with Crippen molar-refractivity contribution in [3.05, 3.63) is 23.8 Å². The van der Waals surface area contributed by atoms with E-state index in [1.54, 1.807) is 13.0 Å². The molecule has 0 fully saturated rings. The lowest BCUT2D eigenvalue weighted by Crippen LogP contribution is -2.27. The van der Waals surface area contributed by atoms with Gasteiger partial charge in [0, 0.05) is 0 Å². The van der Waals surface area contributed by atoms with E-state index in [0.29, 0.717) is 0 Å². The summed E-state index contributed by atoms with van der Waals surface area (Å²) in [6.45, 7) is 3.58. The molecule has 0 saturated carbocycles. The van der Waals surface area contributed by atoms with E-state index >= 15 is 0 Å². The molecule has 60 valence electrons. The van der Waals surface area contributed by atoms with Crippen molar-refractivity contribution >= 4 is 5.97 Å². The third-order valence-electron chi connectivity index (χ3n) is 2.27. The van der Waals surface area contributed by atoms with Gasteiger partial charge in [0.05, 0.1) is 0 Å². The van der Waals surface area contributed by atoms with Crippen molar-refractivity contribution in [1.82, 2.24) is 0 Å². The Morgan fingerprint density at radius 3 is 2.73 bits per heavy atom. The third-order valence-corrected chi connectivity index (χ3v) is 2.27. The number of carboxylic acid groups (broad SMARTS) is 1. The topological polar surface area (TPSA) is 37.3 Å². The Morgan fingerprint density at radius 2 is 2.36 bits per heavy atom. The van der Waals surface area contributed by atoms with Crippen LogP contribution in [0.5, 0.6) is 0 Å². The third kappa shape index (κ3) is 1.20. The van der Waals surface area contributed by atoms with Crippen molar-refractivity contribution in [1.29, 1.82) is 0 Å². The number of hydrogen-bond donors (Lipinski definition) is 1. The van der Waals surface area contributed by atoms with Crippen LogP contribution in [0.3, 0.4) is 0 Å². The maximum absolute atomic E-state index is 10.8. The molecule has 1 aliphatic rings. The Hall–Kier alpha value is -1.05. The lowest BCUT2D eigenvalue weighted by Gasteiger charge is -2.24. The van der Waals surface area contributed by atoms with Gasteiger partial charge in [0.1, 0.15) is 5.41 Å². The fraction of sp³-hybridized carbons (Fsp3) is 0.444. The molecule has 0 saturated heterocycles. The van der Waals surface area contributed by atoms with Crippen molar-refractivity contribution in [2.24, 2.45) is 5.41 Å². The molecule has 0 amide bonds. The molecule has 2 heteroatoms. The van der Waals surface area contributed by atoms with Gasteiger partial charge in [-0.3, -0.25) is 4.79 Å². The number of allylic oxidation sites excluding steroid dienone is 2. The SMILES string of the molecule is CC1=CCC=C[C@]1(C)C(=O)O. The van der Waals surface area contributed by atoms with Gasteiger partial charge in [-0.1, -0.05) is 23.8 Å². The predicted molar refractivity (Wildman–Crippen MR) is 43.3 cm³/mol. The smallest absolute Gasteiger partial charge is 0.317 e. The molecule has 0 radical (unpaired) electrons. The van der Waals surface area contributed by atoms with Gasteiger partial charge >= 0.3 is 5.97 Å². The molecular weight excluding hydrogens is 140 g/mol. The molecule has 0 unspecified atom stereocenters. The van der Waals surface area contributed by atoms with Crippen molar-refractivity contribution in [3.8, 4) is 0 Å². The molecule has 1 rings (SSSR count). The van der Waals surface area contributed by atoms with Crippen LogP contribution in [0.4, 0.5) is 0 Å². The van der Waals surface area contributed by atoms with E-state index in [4.69, 9.17) is 5.11 Å². The zero-order valence-electron chi connectivity index (χ0n) is 6.79. The van der Waals surface area contributed by atoms with Crippen LogP contribution in [0.25, 0.3) is 0 Å². The summed E-state index contributed by atoms with van der Waals surface area (Å²) in [5, 5.41) is 8.88. The molecule has 1 N–H and O–H groups in total. The predicted octanol–water partition coefficient (Wildman–Crippen LogP) is 1.98. The largest absolute Gasteiger partial charge is 0.480 e. The van der Waals surface area contributed by atoms with Gasteiger partial charge in [-0.05, 0) is 20.3 Å². The standard InChI is InChI=1S/C9H12O2/c1-7-5-3-4-6-9(7,2)8(10)11/h4-6H,3H2,1-2H3,(H,10,11)/t9-/m0/s1. The van der Waals surface area contributed by atoms with E-state index in [1.165, 1.54) is 0 Å². The minimum atomic E-state index is -0.776. The molecule has 1 aliphatic carbocycles. The van der Waals surface area contributed by atoms with Crippen LogP contribution in [-0.4, -0.2) is 11.1 Å². The summed E-state index contributed by atoms with van der Waals surface area (Å²) in [4.78, 5) is 10.8. The highest BCUT2D eigenvalue weighted by Crippen LogP contribution is 2.31. The van der Waals surface area contributed by atoms with Crippen molar-refractivity contribution in [3.63, 3.8) is 0 Å². The average molecular weight is 152 g/mol. The minimum absolute atomic E-state index is 0.766. The number of rotatable bonds is 1. The number of carbonyl (C=O) groups is 1. The van der Waals surface area contributed by atoms with E-state index in [1.807, 2.05) is 19.1 Å². The summed E-state index contributed by atoms with van der Waals surface area (Å²) in [6.07, 6.45) is 6.45. The quantitative estimate of drug-likeness (QED) is 0.583. The summed E-state index contributed by atoms with van der Waals surface area (Å²) in [7, 11) is 0. The van der Waals surface area contributed by atoms with Gasteiger partial charge in [-0.15, -0.1) is 0 Å². The summed E-state index contributed by atoms with van der Waals surface area (Å²) >= 11 is 0. The lowest BCUT2D eigenvalue weighted by molar-refractivity contribution is -0.143. The van der Waals surface area contributed by atoms with Crippen LogP contribution >= 0.6 is 0 Å². The number of aliphatic carboxylic acids is 1. The Labute approximate surface area is 66.2 Å². The molecule has 11 heavy (non-hydrogen) atoms. The fourth-order valence-corrected chi connectivity index (χ4v) is 1.13. The molecule has 0 heterocycles. The van der Waals surface area contributed by atoms with E-state index < -0.39 is 11.4 Å². The maximum atomic E-state index is 10.8. The Bertz CT molecular complexity index is 238. The Morgan fingerprint density at radius 1 is 1.73 bits per heavy atom. The second kappa shape index (κ2) is 2.53. The van der Waals surface area contributed by atoms with Crippen LogP contribution < -0.4 is 0 Å². The monoisotopic (exact) mass is 152 g/mol. The second-order valence-electron chi connectivity index (χ2n) is 3.03. The first kappa shape index (κ1) is 8.05. The van der Waals surface area contributed by atoms with Gasteiger partial charge in [-0.2, -0.15) is 0 Å². The zero-order valence-corrected chi connectivity index (χ0v) is 6.79. The normalized spacial score (nSPS) is 29.8. The minimum Gasteiger partial charge on any atom is -0.480 e. The van der Waals surface area contributed by atoms with E-state index in [2.05, 4.69) is 0 Å². The van der Waals surface area contributed by atoms with Gasteiger partial charge in [-0.25, -0.2) is 0 Å². The molecular formula is C9H12O2. The fourth-order valence-electron chi connectivity index (χ4n) is 1.13. The van der Waals surface area contributed by atoms with Gasteiger partial charge < -0.3 is 5.11 Å². The molecule has 0 aromatic rings. The first-order chi connectivity index (χ1) is 5.07. The summed E-state index contributed by atoms with van der Waals surface area (Å²) in [5.41, 5.74) is 0.158. The van der Waals surface area contributed by atoms with Crippen LogP contribution in [-0.2, 0) is 4.79 Å². The van der Waals surface area contributed by atoms with E-state index in [0.717, 1.165) is 12.0 Å². The Kier molecular flexibility index (Phi) is 1.85.